The normalized spacial score (nSPS) is 20.1. The third-order valence-electron chi connectivity index (χ3n) is 5.20. The fourth-order valence-corrected chi connectivity index (χ4v) is 3.88. The van der Waals surface area contributed by atoms with Crippen molar-refractivity contribution in [2.24, 2.45) is 0 Å². The Balaban J connectivity index is 1.38. The van der Waals surface area contributed by atoms with Crippen molar-refractivity contribution in [1.82, 2.24) is 15.1 Å². The van der Waals surface area contributed by atoms with E-state index in [1.165, 1.54) is 24.8 Å². The van der Waals surface area contributed by atoms with E-state index in [0.29, 0.717) is 6.04 Å². The van der Waals surface area contributed by atoms with Gasteiger partial charge in [-0.3, -0.25) is 4.90 Å². The maximum atomic E-state index is 12.4. The zero-order valence-corrected chi connectivity index (χ0v) is 15.1. The highest BCUT2D eigenvalue weighted by Gasteiger charge is 2.23. The zero-order chi connectivity index (χ0) is 16.8. The smallest absolute Gasteiger partial charge is 0.317 e. The summed E-state index contributed by atoms with van der Waals surface area (Å²) in [6, 6.07) is 8.61. The summed E-state index contributed by atoms with van der Waals surface area (Å²) in [7, 11) is 0. The number of urea groups is 1. The summed E-state index contributed by atoms with van der Waals surface area (Å²) in [5, 5.41) is 4.02. The van der Waals surface area contributed by atoms with Gasteiger partial charge in [-0.25, -0.2) is 4.79 Å². The van der Waals surface area contributed by atoms with E-state index in [9.17, 15) is 4.79 Å². The molecule has 0 atom stereocenters. The SMILES string of the molecule is O=C(NC1CCCCC1)N1CCN(CCc2cccc(Cl)c2)CC1. The van der Waals surface area contributed by atoms with E-state index in [1.807, 2.05) is 23.1 Å². The molecule has 2 amide bonds. The van der Waals surface area contributed by atoms with Crippen molar-refractivity contribution in [3.8, 4) is 0 Å². The summed E-state index contributed by atoms with van der Waals surface area (Å²) in [6.07, 6.45) is 7.12. The van der Waals surface area contributed by atoms with E-state index in [2.05, 4.69) is 16.3 Å². The number of nitrogens with one attached hydrogen (secondary N) is 1. The third kappa shape index (κ3) is 5.12. The fraction of sp³-hybridized carbons (Fsp3) is 0.632. The lowest BCUT2D eigenvalue weighted by Crippen LogP contribution is -2.53. The summed E-state index contributed by atoms with van der Waals surface area (Å²) in [6.45, 7) is 4.60. The molecule has 3 rings (SSSR count). The largest absolute Gasteiger partial charge is 0.335 e. The van der Waals surface area contributed by atoms with Crippen LogP contribution in [0.4, 0.5) is 4.79 Å². The van der Waals surface area contributed by atoms with E-state index in [4.69, 9.17) is 11.6 Å². The van der Waals surface area contributed by atoms with Gasteiger partial charge < -0.3 is 10.2 Å². The average Bonchev–Trinajstić information content (AvgIpc) is 2.61. The Bertz CT molecular complexity index is 537. The van der Waals surface area contributed by atoms with Crippen molar-refractivity contribution < 1.29 is 4.79 Å². The van der Waals surface area contributed by atoms with Gasteiger partial charge in [-0.2, -0.15) is 0 Å². The van der Waals surface area contributed by atoms with Gasteiger partial charge in [-0.05, 0) is 37.0 Å². The molecule has 132 valence electrons. The van der Waals surface area contributed by atoms with Gasteiger partial charge in [-0.1, -0.05) is 43.0 Å². The molecule has 1 saturated heterocycles. The number of carbonyl (C=O) groups is 1. The molecule has 1 aliphatic carbocycles. The van der Waals surface area contributed by atoms with Crippen molar-refractivity contribution in [3.05, 3.63) is 34.9 Å². The highest BCUT2D eigenvalue weighted by Crippen LogP contribution is 2.18. The maximum absolute atomic E-state index is 12.4. The summed E-state index contributed by atoms with van der Waals surface area (Å²) in [5.41, 5.74) is 1.28. The number of benzene rings is 1. The zero-order valence-electron chi connectivity index (χ0n) is 14.3. The van der Waals surface area contributed by atoms with Gasteiger partial charge >= 0.3 is 6.03 Å². The molecule has 1 N–H and O–H groups in total. The molecular formula is C19H28ClN3O. The number of carbonyl (C=O) groups excluding carboxylic acids is 1. The molecule has 4 nitrogen and oxygen atoms in total. The second-order valence-electron chi connectivity index (χ2n) is 6.99. The molecule has 0 radical (unpaired) electrons. The second-order valence-corrected chi connectivity index (χ2v) is 7.43. The molecule has 1 saturated carbocycles. The van der Waals surface area contributed by atoms with Crippen LogP contribution in [0.5, 0.6) is 0 Å². The summed E-state index contributed by atoms with van der Waals surface area (Å²) in [4.78, 5) is 16.8. The number of nitrogens with zero attached hydrogens (tertiary/aromatic N) is 2. The van der Waals surface area contributed by atoms with Crippen LogP contribution in [0.3, 0.4) is 0 Å². The van der Waals surface area contributed by atoms with E-state index >= 15 is 0 Å². The van der Waals surface area contributed by atoms with Crippen LogP contribution in [0.2, 0.25) is 5.02 Å². The van der Waals surface area contributed by atoms with Gasteiger partial charge in [0.05, 0.1) is 0 Å². The van der Waals surface area contributed by atoms with Crippen LogP contribution in [0.15, 0.2) is 24.3 Å². The number of amides is 2. The van der Waals surface area contributed by atoms with E-state index < -0.39 is 0 Å². The van der Waals surface area contributed by atoms with Gasteiger partial charge in [0, 0.05) is 43.8 Å². The van der Waals surface area contributed by atoms with Crippen LogP contribution in [-0.4, -0.2) is 54.6 Å². The Kier molecular flexibility index (Phi) is 6.38. The summed E-state index contributed by atoms with van der Waals surface area (Å²) >= 11 is 6.04. The molecule has 0 spiro atoms. The first-order valence-corrected chi connectivity index (χ1v) is 9.61. The molecule has 5 heteroatoms. The highest BCUT2D eigenvalue weighted by molar-refractivity contribution is 6.30. The predicted octanol–water partition coefficient (Wildman–Crippen LogP) is 3.54. The molecule has 0 aromatic heterocycles. The minimum Gasteiger partial charge on any atom is -0.335 e. The Morgan fingerprint density at radius 3 is 2.58 bits per heavy atom. The van der Waals surface area contributed by atoms with Crippen molar-refractivity contribution in [2.75, 3.05) is 32.7 Å². The van der Waals surface area contributed by atoms with Crippen LogP contribution < -0.4 is 5.32 Å². The minimum atomic E-state index is 0.136. The highest BCUT2D eigenvalue weighted by atomic mass is 35.5. The van der Waals surface area contributed by atoms with Gasteiger partial charge in [0.15, 0.2) is 0 Å². The first-order valence-electron chi connectivity index (χ1n) is 9.23. The molecule has 24 heavy (non-hydrogen) atoms. The Labute approximate surface area is 150 Å². The second kappa shape index (κ2) is 8.72. The monoisotopic (exact) mass is 349 g/mol. The molecule has 2 aliphatic rings. The van der Waals surface area contributed by atoms with Crippen molar-refractivity contribution >= 4 is 17.6 Å². The number of rotatable bonds is 4. The number of hydrogen-bond donors (Lipinski definition) is 1. The van der Waals surface area contributed by atoms with Crippen LogP contribution in [0.25, 0.3) is 0 Å². The van der Waals surface area contributed by atoms with Crippen LogP contribution in [0.1, 0.15) is 37.7 Å². The van der Waals surface area contributed by atoms with Crippen molar-refractivity contribution in [3.63, 3.8) is 0 Å². The van der Waals surface area contributed by atoms with Crippen LogP contribution in [-0.2, 0) is 6.42 Å². The number of hydrogen-bond acceptors (Lipinski definition) is 2. The Morgan fingerprint density at radius 1 is 1.12 bits per heavy atom. The number of halogens is 1. The van der Waals surface area contributed by atoms with E-state index in [-0.39, 0.29) is 6.03 Å². The predicted molar refractivity (Wildman–Crippen MR) is 98.6 cm³/mol. The van der Waals surface area contributed by atoms with E-state index in [0.717, 1.165) is 57.0 Å². The van der Waals surface area contributed by atoms with Gasteiger partial charge in [0.2, 0.25) is 0 Å². The lowest BCUT2D eigenvalue weighted by Gasteiger charge is -2.36. The van der Waals surface area contributed by atoms with E-state index in [1.54, 1.807) is 0 Å². The molecular weight excluding hydrogens is 322 g/mol. The minimum absolute atomic E-state index is 0.136. The molecule has 1 heterocycles. The van der Waals surface area contributed by atoms with Gasteiger partial charge in [0.1, 0.15) is 0 Å². The Morgan fingerprint density at radius 2 is 1.88 bits per heavy atom. The molecule has 0 unspecified atom stereocenters. The first-order chi connectivity index (χ1) is 11.7. The summed E-state index contributed by atoms with van der Waals surface area (Å²) < 4.78 is 0. The lowest BCUT2D eigenvalue weighted by atomic mass is 9.96. The maximum Gasteiger partial charge on any atom is 0.317 e. The molecule has 1 aliphatic heterocycles. The fourth-order valence-electron chi connectivity index (χ4n) is 3.67. The molecule has 0 bridgehead atoms. The lowest BCUT2D eigenvalue weighted by molar-refractivity contribution is 0.136. The quantitative estimate of drug-likeness (QED) is 0.902. The third-order valence-corrected chi connectivity index (χ3v) is 5.43. The van der Waals surface area contributed by atoms with Gasteiger partial charge in [-0.15, -0.1) is 0 Å². The first kappa shape index (κ1) is 17.6. The van der Waals surface area contributed by atoms with Gasteiger partial charge in [0.25, 0.3) is 0 Å². The van der Waals surface area contributed by atoms with Crippen molar-refractivity contribution in [2.45, 2.75) is 44.6 Å². The summed E-state index contributed by atoms with van der Waals surface area (Å²) in [5.74, 6) is 0. The standard InChI is InChI=1S/C19H28ClN3O/c20-17-6-4-5-16(15-17)9-10-22-11-13-23(14-12-22)19(24)21-18-7-2-1-3-8-18/h4-6,15,18H,1-3,7-14H2,(H,21,24). The van der Waals surface area contributed by atoms with Crippen molar-refractivity contribution in [1.29, 1.82) is 0 Å². The number of piperazine rings is 1. The topological polar surface area (TPSA) is 35.6 Å². The molecule has 2 fully saturated rings. The average molecular weight is 350 g/mol. The molecule has 1 aromatic carbocycles. The Hall–Kier alpha value is -1.26. The van der Waals surface area contributed by atoms with Crippen LogP contribution >= 0.6 is 11.6 Å². The van der Waals surface area contributed by atoms with Crippen LogP contribution in [0, 0.1) is 0 Å². The molecule has 1 aromatic rings.